The van der Waals surface area contributed by atoms with Crippen molar-refractivity contribution in [1.29, 1.82) is 0 Å². The average molecular weight is 253 g/mol. The number of amides is 1. The fourth-order valence-corrected chi connectivity index (χ4v) is 1.99. The third-order valence-corrected chi connectivity index (χ3v) is 2.92. The van der Waals surface area contributed by atoms with Gasteiger partial charge in [-0.3, -0.25) is 9.69 Å². The number of rotatable bonds is 3. The van der Waals surface area contributed by atoms with Gasteiger partial charge in [-0.15, -0.1) is 0 Å². The van der Waals surface area contributed by atoms with Gasteiger partial charge in [0.25, 0.3) is 5.91 Å². The van der Waals surface area contributed by atoms with E-state index in [-0.39, 0.29) is 12.0 Å². The zero-order valence-corrected chi connectivity index (χ0v) is 11.0. The zero-order valence-electron chi connectivity index (χ0n) is 11.0. The molecule has 0 N–H and O–H groups in total. The highest BCUT2D eigenvalue weighted by atomic mass is 16.5. The fraction of sp³-hybridized carbons (Fsp3) is 0.667. The Kier molecular flexibility index (Phi) is 3.98. The molecular weight excluding hydrogens is 234 g/mol. The number of ether oxygens (including phenoxy) is 1. The summed E-state index contributed by atoms with van der Waals surface area (Å²) in [6.45, 7) is 4.49. The van der Waals surface area contributed by atoms with Crippen LogP contribution in [0, 0.1) is 6.92 Å². The van der Waals surface area contributed by atoms with Gasteiger partial charge in [0.2, 0.25) is 0 Å². The van der Waals surface area contributed by atoms with Crippen LogP contribution < -0.4 is 0 Å². The minimum Gasteiger partial charge on any atom is -0.449 e. The van der Waals surface area contributed by atoms with Crippen LogP contribution in [0.5, 0.6) is 0 Å². The van der Waals surface area contributed by atoms with Crippen molar-refractivity contribution < 1.29 is 13.9 Å². The van der Waals surface area contributed by atoms with E-state index < -0.39 is 0 Å². The summed E-state index contributed by atoms with van der Waals surface area (Å²) in [6.07, 6.45) is 1.29. The lowest BCUT2D eigenvalue weighted by atomic mass is 10.2. The molecule has 0 aliphatic carbocycles. The summed E-state index contributed by atoms with van der Waals surface area (Å²) in [7, 11) is 3.48. The molecule has 2 heterocycles. The van der Waals surface area contributed by atoms with Crippen molar-refractivity contribution >= 4 is 5.91 Å². The van der Waals surface area contributed by atoms with E-state index in [2.05, 4.69) is 9.88 Å². The van der Waals surface area contributed by atoms with E-state index in [1.165, 1.54) is 0 Å². The van der Waals surface area contributed by atoms with Crippen LogP contribution >= 0.6 is 0 Å². The van der Waals surface area contributed by atoms with Gasteiger partial charge in [0.05, 0.1) is 12.3 Å². The third-order valence-electron chi connectivity index (χ3n) is 2.92. The molecule has 1 unspecified atom stereocenters. The molecule has 1 saturated heterocycles. The second-order valence-electron chi connectivity index (χ2n) is 4.69. The lowest BCUT2D eigenvalue weighted by Crippen LogP contribution is -2.49. The summed E-state index contributed by atoms with van der Waals surface area (Å²) < 4.78 is 10.7. The first-order chi connectivity index (χ1) is 8.56. The Hall–Kier alpha value is -1.40. The highest BCUT2D eigenvalue weighted by Crippen LogP contribution is 2.11. The first kappa shape index (κ1) is 13.0. The Balaban J connectivity index is 1.92. The predicted octanol–water partition coefficient (Wildman–Crippen LogP) is 0.272. The van der Waals surface area contributed by atoms with Gasteiger partial charge in [-0.1, -0.05) is 0 Å². The predicted molar refractivity (Wildman–Crippen MR) is 65.0 cm³/mol. The zero-order chi connectivity index (χ0) is 13.1. The van der Waals surface area contributed by atoms with Crippen molar-refractivity contribution in [2.24, 2.45) is 0 Å². The van der Waals surface area contributed by atoms with Crippen LogP contribution in [0.15, 0.2) is 10.7 Å². The minimum atomic E-state index is -0.373. The minimum absolute atomic E-state index is 0.0102. The van der Waals surface area contributed by atoms with Crippen molar-refractivity contribution in [2.45, 2.75) is 19.6 Å². The maximum Gasteiger partial charge on any atom is 0.252 e. The maximum atomic E-state index is 11.8. The smallest absolute Gasteiger partial charge is 0.252 e. The van der Waals surface area contributed by atoms with E-state index in [1.54, 1.807) is 25.3 Å². The monoisotopic (exact) mass is 253 g/mol. The Morgan fingerprint density at radius 2 is 2.39 bits per heavy atom. The molecule has 2 rings (SSSR count). The number of likely N-dealkylation sites (N-methyl/N-ethyl adjacent to an activating group) is 1. The molecule has 1 fully saturated rings. The molecule has 0 aromatic carbocycles. The second kappa shape index (κ2) is 5.49. The second-order valence-corrected chi connectivity index (χ2v) is 4.69. The molecule has 1 amide bonds. The van der Waals surface area contributed by atoms with Gasteiger partial charge in [-0.2, -0.15) is 0 Å². The van der Waals surface area contributed by atoms with E-state index in [0.717, 1.165) is 12.2 Å². The lowest BCUT2D eigenvalue weighted by molar-refractivity contribution is -0.147. The van der Waals surface area contributed by atoms with Crippen LogP contribution in [0.25, 0.3) is 0 Å². The molecule has 0 bridgehead atoms. The maximum absolute atomic E-state index is 11.8. The summed E-state index contributed by atoms with van der Waals surface area (Å²) in [6, 6.07) is 0. The van der Waals surface area contributed by atoms with Crippen molar-refractivity contribution in [2.75, 3.05) is 33.8 Å². The van der Waals surface area contributed by atoms with Gasteiger partial charge in [0.15, 0.2) is 5.89 Å². The van der Waals surface area contributed by atoms with Gasteiger partial charge >= 0.3 is 0 Å². The highest BCUT2D eigenvalue weighted by Gasteiger charge is 2.28. The van der Waals surface area contributed by atoms with E-state index in [1.807, 2.05) is 6.92 Å². The summed E-state index contributed by atoms with van der Waals surface area (Å²) >= 11 is 0. The van der Waals surface area contributed by atoms with E-state index in [9.17, 15) is 4.79 Å². The number of oxazole rings is 1. The standard InChI is InChI=1S/C12H19N3O3/c1-9-13-10(8-18-9)6-15-4-5-17-11(7-15)12(16)14(2)3/h8,11H,4-7H2,1-3H3. The molecule has 0 saturated carbocycles. The average Bonchev–Trinajstić information content (AvgIpc) is 2.74. The molecule has 0 spiro atoms. The number of hydrogen-bond acceptors (Lipinski definition) is 5. The largest absolute Gasteiger partial charge is 0.449 e. The van der Waals surface area contributed by atoms with Crippen molar-refractivity contribution in [1.82, 2.24) is 14.8 Å². The van der Waals surface area contributed by atoms with E-state index >= 15 is 0 Å². The summed E-state index contributed by atoms with van der Waals surface area (Å²) in [4.78, 5) is 19.8. The highest BCUT2D eigenvalue weighted by molar-refractivity contribution is 5.80. The fourth-order valence-electron chi connectivity index (χ4n) is 1.99. The van der Waals surface area contributed by atoms with Gasteiger partial charge in [0, 0.05) is 40.7 Å². The molecule has 1 atom stereocenters. The number of aryl methyl sites for hydroxylation is 1. The molecule has 1 aromatic heterocycles. The molecule has 0 radical (unpaired) electrons. The van der Waals surface area contributed by atoms with Gasteiger partial charge in [0.1, 0.15) is 12.4 Å². The Morgan fingerprint density at radius 1 is 1.61 bits per heavy atom. The van der Waals surface area contributed by atoms with Crippen molar-refractivity contribution in [3.8, 4) is 0 Å². The molecule has 1 aliphatic rings. The number of carbonyl (C=O) groups is 1. The van der Waals surface area contributed by atoms with Gasteiger partial charge in [-0.25, -0.2) is 4.98 Å². The molecule has 18 heavy (non-hydrogen) atoms. The summed E-state index contributed by atoms with van der Waals surface area (Å²) in [5.74, 6) is 0.676. The molecule has 6 nitrogen and oxygen atoms in total. The van der Waals surface area contributed by atoms with Crippen LogP contribution in [-0.4, -0.2) is 60.6 Å². The number of morpholine rings is 1. The van der Waals surface area contributed by atoms with E-state index in [0.29, 0.717) is 25.6 Å². The first-order valence-electron chi connectivity index (χ1n) is 6.02. The van der Waals surface area contributed by atoms with Gasteiger partial charge in [-0.05, 0) is 0 Å². The van der Waals surface area contributed by atoms with E-state index in [4.69, 9.17) is 9.15 Å². The molecule has 6 heteroatoms. The lowest BCUT2D eigenvalue weighted by Gasteiger charge is -2.32. The molecule has 1 aliphatic heterocycles. The summed E-state index contributed by atoms with van der Waals surface area (Å²) in [5, 5.41) is 0. The molecule has 1 aromatic rings. The SMILES string of the molecule is Cc1nc(CN2CCOC(C(=O)N(C)C)C2)co1. The number of carbonyl (C=O) groups excluding carboxylic acids is 1. The topological polar surface area (TPSA) is 58.8 Å². The number of hydrogen-bond donors (Lipinski definition) is 0. The van der Waals surface area contributed by atoms with Crippen LogP contribution in [0.1, 0.15) is 11.6 Å². The quantitative estimate of drug-likeness (QED) is 0.774. The molecule has 100 valence electrons. The Bertz CT molecular complexity index is 416. The van der Waals surface area contributed by atoms with Crippen molar-refractivity contribution in [3.05, 3.63) is 17.8 Å². The third kappa shape index (κ3) is 3.08. The number of aromatic nitrogens is 1. The number of nitrogens with zero attached hydrogens (tertiary/aromatic N) is 3. The van der Waals surface area contributed by atoms with Crippen LogP contribution in [0.3, 0.4) is 0 Å². The molecular formula is C12H19N3O3. The van der Waals surface area contributed by atoms with Crippen LogP contribution in [0.2, 0.25) is 0 Å². The summed E-state index contributed by atoms with van der Waals surface area (Å²) in [5.41, 5.74) is 0.894. The van der Waals surface area contributed by atoms with Crippen LogP contribution in [0.4, 0.5) is 0 Å². The van der Waals surface area contributed by atoms with Crippen LogP contribution in [-0.2, 0) is 16.1 Å². The van der Waals surface area contributed by atoms with Gasteiger partial charge < -0.3 is 14.1 Å². The normalized spacial score (nSPS) is 20.9. The Morgan fingerprint density at radius 3 is 3.00 bits per heavy atom. The Labute approximate surface area is 107 Å². The van der Waals surface area contributed by atoms with Crippen molar-refractivity contribution in [3.63, 3.8) is 0 Å². The first-order valence-corrected chi connectivity index (χ1v) is 6.02.